The lowest BCUT2D eigenvalue weighted by atomic mass is 9.55. The predicted octanol–water partition coefficient (Wildman–Crippen LogP) is 9.07. The third-order valence-electron chi connectivity index (χ3n) is 13.3. The molecule has 3 aliphatic heterocycles. The molecule has 0 radical (unpaired) electrons. The molecule has 2 fully saturated rings. The third-order valence-corrected chi connectivity index (χ3v) is 13.5. The molecule has 3 aromatic rings. The number of aliphatic hydroxyl groups excluding tert-OH is 2. The van der Waals surface area contributed by atoms with Crippen molar-refractivity contribution in [3.63, 3.8) is 0 Å². The summed E-state index contributed by atoms with van der Waals surface area (Å²) in [6.07, 6.45) is 10.5. The number of benzene rings is 3. The van der Waals surface area contributed by atoms with Crippen molar-refractivity contribution in [2.75, 3.05) is 52.8 Å². The number of hydrogen-bond acceptors (Lipinski definition) is 14. The van der Waals surface area contributed by atoms with Gasteiger partial charge in [-0.2, -0.15) is 0 Å². The molecule has 5 aliphatic rings. The molecule has 0 spiro atoms. The number of ether oxygens (including phenoxy) is 8. The molecule has 16 heteroatoms. The van der Waals surface area contributed by atoms with E-state index in [1.165, 1.54) is 7.11 Å². The summed E-state index contributed by atoms with van der Waals surface area (Å²) in [6, 6.07) is 15.4. The molecule has 2 aliphatic carbocycles. The van der Waals surface area contributed by atoms with Gasteiger partial charge in [-0.1, -0.05) is 36.2 Å². The van der Waals surface area contributed by atoms with Gasteiger partial charge in [0.25, 0.3) is 0 Å². The zero-order valence-electron chi connectivity index (χ0n) is 38.0. The molecule has 7 unspecified atom stereocenters. The number of carbonyl (C=O) groups is 2. The summed E-state index contributed by atoms with van der Waals surface area (Å²) in [5, 5.41) is 25.0. The van der Waals surface area contributed by atoms with Gasteiger partial charge in [0.1, 0.15) is 35.6 Å². The third kappa shape index (κ3) is 10.6. The Morgan fingerprint density at radius 1 is 0.985 bits per heavy atom. The van der Waals surface area contributed by atoms with Gasteiger partial charge in [0.2, 0.25) is 18.9 Å². The Labute approximate surface area is 396 Å². The number of allylic oxidation sites excluding steroid dienone is 1. The maximum absolute atomic E-state index is 14.7. The van der Waals surface area contributed by atoms with Crippen LogP contribution in [0, 0.1) is 17.8 Å². The maximum Gasteiger partial charge on any atom is 0.410 e. The zero-order valence-corrected chi connectivity index (χ0v) is 38.7. The standard InChI is InChI=1S/C51H61ClN2O13/c1-3-22-64-51-46(54(50(58)61-24-19-52)30-33-13-16-44-45(25-33)63-32-62-44)29-41(53-67-47-12-6-9-23-60-47)39-27-34(10-4-7-20-55)38(11-5-8-21-56)48(49(39)51)40-28-37(15-18-43(40)66-51)65-36-14-17-42(59-2)35(26-36)31-57/h3,13-18,25-28,31,34,38,46-49,55-56H,1,4-12,19-24,29-30,32H2,2H3. The first-order valence-electron chi connectivity index (χ1n) is 23.4. The number of rotatable bonds is 22. The van der Waals surface area contributed by atoms with Crippen molar-refractivity contribution < 1.29 is 62.5 Å². The van der Waals surface area contributed by atoms with E-state index in [4.69, 9.17) is 59.5 Å². The molecule has 67 heavy (non-hydrogen) atoms. The SMILES string of the molecule is C=CCOC12Oc3ccc(Oc4ccc(OC)c(C=O)c4)cc3C3C(CCCCO)C(CCCCO)C=C(C(=NOC4CCCCO4)CC1N(Cc1ccc4c(c1)OCO4)C(=O)OCCCl)C32. The van der Waals surface area contributed by atoms with Crippen molar-refractivity contribution in [2.45, 2.75) is 94.8 Å². The van der Waals surface area contributed by atoms with Crippen LogP contribution in [-0.2, 0) is 25.6 Å². The number of carbonyl (C=O) groups excluding carboxylic acids is 2. The summed E-state index contributed by atoms with van der Waals surface area (Å²) in [5.41, 5.74) is 3.44. The second-order valence-corrected chi connectivity index (χ2v) is 17.8. The molecule has 1 amide bonds. The van der Waals surface area contributed by atoms with E-state index in [1.54, 1.807) is 29.2 Å². The fourth-order valence-corrected chi connectivity index (χ4v) is 10.5. The molecule has 0 bridgehead atoms. The summed E-state index contributed by atoms with van der Waals surface area (Å²) in [6.45, 7) is 4.90. The van der Waals surface area contributed by atoms with Gasteiger partial charge in [-0.15, -0.1) is 18.2 Å². The van der Waals surface area contributed by atoms with E-state index in [1.807, 2.05) is 36.4 Å². The van der Waals surface area contributed by atoms with E-state index in [0.717, 1.165) is 61.5 Å². The van der Waals surface area contributed by atoms with Gasteiger partial charge in [0, 0.05) is 44.1 Å². The van der Waals surface area contributed by atoms with Crippen LogP contribution in [0.25, 0.3) is 0 Å². The minimum atomic E-state index is -1.56. The van der Waals surface area contributed by atoms with Crippen molar-refractivity contribution in [1.82, 2.24) is 4.90 Å². The van der Waals surface area contributed by atoms with E-state index < -0.39 is 30.1 Å². The molecule has 360 valence electrons. The normalized spacial score (nSPS) is 25.2. The van der Waals surface area contributed by atoms with Crippen LogP contribution in [0.5, 0.6) is 34.5 Å². The largest absolute Gasteiger partial charge is 0.496 e. The fourth-order valence-electron chi connectivity index (χ4n) is 10.4. The van der Waals surface area contributed by atoms with Crippen LogP contribution < -0.4 is 23.7 Å². The van der Waals surface area contributed by atoms with Crippen LogP contribution in [0.3, 0.4) is 0 Å². The Kier molecular flexibility index (Phi) is 16.3. The minimum Gasteiger partial charge on any atom is -0.496 e. The quantitative estimate of drug-likeness (QED) is 0.0322. The Morgan fingerprint density at radius 3 is 2.54 bits per heavy atom. The topological polar surface area (TPSA) is 173 Å². The van der Waals surface area contributed by atoms with Gasteiger partial charge in [-0.05, 0) is 110 Å². The highest BCUT2D eigenvalue weighted by molar-refractivity contribution is 6.18. The number of oxime groups is 1. The molecule has 0 aromatic heterocycles. The highest BCUT2D eigenvalue weighted by Crippen LogP contribution is 2.62. The van der Waals surface area contributed by atoms with E-state index >= 15 is 0 Å². The highest BCUT2D eigenvalue weighted by atomic mass is 35.5. The number of alkyl halides is 1. The number of fused-ring (bicyclic) bond motifs is 3. The van der Waals surface area contributed by atoms with Crippen LogP contribution in [0.1, 0.15) is 91.6 Å². The van der Waals surface area contributed by atoms with Gasteiger partial charge in [-0.25, -0.2) is 4.79 Å². The molecule has 8 rings (SSSR count). The minimum absolute atomic E-state index is 0.00281. The average molecular weight is 946 g/mol. The number of methoxy groups -OCH3 is 1. The zero-order chi connectivity index (χ0) is 46.8. The molecule has 1 saturated carbocycles. The van der Waals surface area contributed by atoms with Gasteiger partial charge >= 0.3 is 6.09 Å². The second kappa shape index (κ2) is 22.7. The summed E-state index contributed by atoms with van der Waals surface area (Å²) < 4.78 is 49.7. The van der Waals surface area contributed by atoms with Crippen LogP contribution >= 0.6 is 11.6 Å². The molecular weight excluding hydrogens is 884 g/mol. The van der Waals surface area contributed by atoms with Gasteiger partial charge in [-0.3, -0.25) is 9.69 Å². The van der Waals surface area contributed by atoms with E-state index in [2.05, 4.69) is 12.7 Å². The molecule has 15 nitrogen and oxygen atoms in total. The molecule has 3 heterocycles. The van der Waals surface area contributed by atoms with E-state index in [9.17, 15) is 19.8 Å². The Bertz CT molecular complexity index is 2260. The van der Waals surface area contributed by atoms with Crippen molar-refractivity contribution in [2.24, 2.45) is 22.9 Å². The lowest BCUT2D eigenvalue weighted by molar-refractivity contribution is -0.256. The smallest absolute Gasteiger partial charge is 0.410 e. The number of unbranched alkanes of at least 4 members (excludes halogenated alkanes) is 2. The number of nitrogens with zero attached hydrogens (tertiary/aromatic N) is 2. The average Bonchev–Trinajstić information content (AvgIpc) is 3.83. The Morgan fingerprint density at radius 2 is 1.78 bits per heavy atom. The first kappa shape index (κ1) is 48.1. The second-order valence-electron chi connectivity index (χ2n) is 17.4. The van der Waals surface area contributed by atoms with E-state index in [-0.39, 0.29) is 69.8 Å². The summed E-state index contributed by atoms with van der Waals surface area (Å²) in [7, 11) is 1.51. The monoisotopic (exact) mass is 944 g/mol. The Hall–Kier alpha value is -5.32. The lowest BCUT2D eigenvalue weighted by Crippen LogP contribution is -2.70. The fraction of sp³-hybridized carbons (Fsp3) is 0.510. The molecule has 3 aromatic carbocycles. The number of amides is 1. The van der Waals surface area contributed by atoms with E-state index in [0.29, 0.717) is 71.6 Å². The van der Waals surface area contributed by atoms with Gasteiger partial charge < -0.3 is 52.9 Å². The van der Waals surface area contributed by atoms with Crippen molar-refractivity contribution in [3.8, 4) is 34.5 Å². The van der Waals surface area contributed by atoms with Gasteiger partial charge in [0.05, 0.1) is 43.4 Å². The van der Waals surface area contributed by atoms with Crippen molar-refractivity contribution in [3.05, 3.63) is 95.6 Å². The Balaban J connectivity index is 1.33. The van der Waals surface area contributed by atoms with Crippen LogP contribution in [0.4, 0.5) is 4.79 Å². The first-order chi connectivity index (χ1) is 32.8. The summed E-state index contributed by atoms with van der Waals surface area (Å²) in [4.78, 5) is 34.7. The first-order valence-corrected chi connectivity index (χ1v) is 23.9. The van der Waals surface area contributed by atoms with Crippen LogP contribution in [-0.4, -0.2) is 104 Å². The molecule has 1 saturated heterocycles. The number of halogens is 1. The van der Waals surface area contributed by atoms with Crippen molar-refractivity contribution in [1.29, 1.82) is 0 Å². The van der Waals surface area contributed by atoms with Crippen LogP contribution in [0.2, 0.25) is 0 Å². The lowest BCUT2D eigenvalue weighted by Gasteiger charge is -2.59. The molecule has 7 atom stereocenters. The van der Waals surface area contributed by atoms with Crippen LogP contribution in [0.15, 0.2) is 84.1 Å². The maximum atomic E-state index is 14.7. The van der Waals surface area contributed by atoms with Crippen molar-refractivity contribution >= 4 is 29.7 Å². The number of aldehydes is 1. The summed E-state index contributed by atoms with van der Waals surface area (Å²) >= 11 is 6.14. The molecular formula is C51H61ClN2O13. The number of aliphatic hydroxyl groups is 2. The number of hydrogen-bond donors (Lipinski definition) is 2. The summed E-state index contributed by atoms with van der Waals surface area (Å²) in [5.74, 6) is 0.639. The van der Waals surface area contributed by atoms with Gasteiger partial charge in [0.15, 0.2) is 17.8 Å². The predicted molar refractivity (Wildman–Crippen MR) is 248 cm³/mol. The molecule has 2 N–H and O–H groups in total. The highest BCUT2D eigenvalue weighted by Gasteiger charge is 2.66.